The third-order valence-electron chi connectivity index (χ3n) is 5.14. The van der Waals surface area contributed by atoms with Gasteiger partial charge in [0, 0.05) is 13.0 Å². The minimum absolute atomic E-state index is 0.0309. The molecule has 1 aromatic rings. The SMILES string of the molecule is NC(=O)CC(N)C(=O)NC(Cc1ccc(O)cc1)C(=O)NC(CCCN=C(N)N)C(=O)NC(CO)C(=O)O. The molecule has 14 N–H and O–H groups in total. The molecule has 0 heterocycles. The summed E-state index contributed by atoms with van der Waals surface area (Å²) in [6, 6.07) is 0.168. The van der Waals surface area contributed by atoms with E-state index < -0.39 is 66.8 Å². The van der Waals surface area contributed by atoms with Gasteiger partial charge in [-0.3, -0.25) is 24.2 Å². The average molecular weight is 539 g/mol. The first-order valence-corrected chi connectivity index (χ1v) is 11.5. The first-order chi connectivity index (χ1) is 17.8. The number of carboxylic acid groups (broad SMARTS) is 1. The number of phenolic OH excluding ortho intramolecular Hbond substituents is 1. The van der Waals surface area contributed by atoms with Crippen LogP contribution in [0.1, 0.15) is 24.8 Å². The Bertz CT molecular complexity index is 1010. The normalized spacial score (nSPS) is 13.7. The predicted molar refractivity (Wildman–Crippen MR) is 134 cm³/mol. The number of aromatic hydroxyl groups is 1. The van der Waals surface area contributed by atoms with Gasteiger partial charge >= 0.3 is 5.97 Å². The van der Waals surface area contributed by atoms with Crippen molar-refractivity contribution in [1.29, 1.82) is 0 Å². The van der Waals surface area contributed by atoms with Gasteiger partial charge in [-0.05, 0) is 30.5 Å². The van der Waals surface area contributed by atoms with Crippen LogP contribution in [-0.2, 0) is 30.4 Å². The lowest BCUT2D eigenvalue weighted by Gasteiger charge is -2.25. The monoisotopic (exact) mass is 538 g/mol. The molecule has 16 heteroatoms. The summed E-state index contributed by atoms with van der Waals surface area (Å²) in [6.07, 6.45) is -0.413. The maximum atomic E-state index is 13.2. The molecule has 1 aromatic carbocycles. The molecular weight excluding hydrogens is 504 g/mol. The number of carbonyl (C=O) groups is 5. The number of nitrogens with one attached hydrogen (secondary N) is 3. The molecule has 0 saturated carbocycles. The van der Waals surface area contributed by atoms with Crippen LogP contribution < -0.4 is 38.9 Å². The number of aliphatic hydroxyl groups is 1. The van der Waals surface area contributed by atoms with E-state index in [1.807, 2.05) is 0 Å². The van der Waals surface area contributed by atoms with Crippen LogP contribution in [0.4, 0.5) is 0 Å². The average Bonchev–Trinajstić information content (AvgIpc) is 2.84. The van der Waals surface area contributed by atoms with Crippen molar-refractivity contribution in [3.63, 3.8) is 0 Å². The third kappa shape index (κ3) is 11.5. The highest BCUT2D eigenvalue weighted by Crippen LogP contribution is 2.12. The van der Waals surface area contributed by atoms with Crippen molar-refractivity contribution in [3.8, 4) is 5.75 Å². The van der Waals surface area contributed by atoms with Gasteiger partial charge in [-0.2, -0.15) is 0 Å². The summed E-state index contributed by atoms with van der Waals surface area (Å²) in [7, 11) is 0. The number of hydrogen-bond acceptors (Lipinski definition) is 9. The second kappa shape index (κ2) is 15.6. The van der Waals surface area contributed by atoms with E-state index in [0.29, 0.717) is 5.56 Å². The Morgan fingerprint density at radius 2 is 1.42 bits per heavy atom. The standard InChI is InChI=1S/C22H34N8O8/c23-13(9-17(24)33)18(34)29-15(8-11-3-5-12(32)6-4-11)20(36)28-14(2-1-7-27-22(25)26)19(35)30-16(10-31)21(37)38/h3-6,13-16,31-32H,1-2,7-10,23H2,(H2,24,33)(H,28,36)(H,29,34)(H,30,35)(H,37,38)(H4,25,26,27). The maximum Gasteiger partial charge on any atom is 0.328 e. The number of phenols is 1. The Balaban J connectivity index is 3.15. The van der Waals surface area contributed by atoms with Crippen LogP contribution in [0.5, 0.6) is 5.75 Å². The topological polar surface area (TPSA) is 299 Å². The van der Waals surface area contributed by atoms with Gasteiger partial charge in [0.15, 0.2) is 5.96 Å². The molecule has 4 unspecified atom stereocenters. The first-order valence-electron chi connectivity index (χ1n) is 11.5. The lowest BCUT2D eigenvalue weighted by molar-refractivity contribution is -0.143. The van der Waals surface area contributed by atoms with Gasteiger partial charge in [0.1, 0.15) is 23.9 Å². The number of hydrogen-bond donors (Lipinski definition) is 10. The Morgan fingerprint density at radius 1 is 0.868 bits per heavy atom. The second-order valence-corrected chi connectivity index (χ2v) is 8.30. The molecule has 16 nitrogen and oxygen atoms in total. The lowest BCUT2D eigenvalue weighted by atomic mass is 10.0. The van der Waals surface area contributed by atoms with Crippen LogP contribution in [0, 0.1) is 0 Å². The van der Waals surface area contributed by atoms with Crippen molar-refractivity contribution in [2.75, 3.05) is 13.2 Å². The number of guanidine groups is 1. The smallest absolute Gasteiger partial charge is 0.328 e. The zero-order valence-corrected chi connectivity index (χ0v) is 20.5. The molecule has 0 aliphatic heterocycles. The molecule has 1 rings (SSSR count). The van der Waals surface area contributed by atoms with E-state index in [1.54, 1.807) is 0 Å². The largest absolute Gasteiger partial charge is 0.508 e. The Labute approximate surface area is 217 Å². The molecule has 4 atom stereocenters. The molecule has 38 heavy (non-hydrogen) atoms. The molecule has 0 radical (unpaired) electrons. The van der Waals surface area contributed by atoms with E-state index in [-0.39, 0.29) is 37.5 Å². The van der Waals surface area contributed by atoms with Crippen LogP contribution in [0.15, 0.2) is 29.3 Å². The quantitative estimate of drug-likeness (QED) is 0.0545. The van der Waals surface area contributed by atoms with Crippen LogP contribution in [-0.4, -0.2) is 88.2 Å². The Kier molecular flexibility index (Phi) is 13.0. The van der Waals surface area contributed by atoms with Gasteiger partial charge in [-0.25, -0.2) is 4.79 Å². The van der Waals surface area contributed by atoms with E-state index in [9.17, 15) is 34.2 Å². The number of rotatable bonds is 16. The summed E-state index contributed by atoms with van der Waals surface area (Å²) in [5, 5.41) is 34.9. The summed E-state index contributed by atoms with van der Waals surface area (Å²) in [4.78, 5) is 64.7. The van der Waals surface area contributed by atoms with Crippen molar-refractivity contribution in [3.05, 3.63) is 29.8 Å². The molecule has 210 valence electrons. The number of amides is 4. The zero-order valence-electron chi connectivity index (χ0n) is 20.5. The first kappa shape index (κ1) is 31.6. The van der Waals surface area contributed by atoms with Gasteiger partial charge in [0.2, 0.25) is 23.6 Å². The summed E-state index contributed by atoms with van der Waals surface area (Å²) >= 11 is 0. The van der Waals surface area contributed by atoms with Gasteiger partial charge < -0.3 is 54.2 Å². The van der Waals surface area contributed by atoms with Crippen molar-refractivity contribution < 1.29 is 39.3 Å². The van der Waals surface area contributed by atoms with Crippen LogP contribution in [0.3, 0.4) is 0 Å². The van der Waals surface area contributed by atoms with E-state index in [2.05, 4.69) is 20.9 Å². The fraction of sp³-hybridized carbons (Fsp3) is 0.455. The van der Waals surface area contributed by atoms with Gasteiger partial charge in [-0.15, -0.1) is 0 Å². The molecule has 4 amide bonds. The number of aliphatic carboxylic acids is 1. The zero-order chi connectivity index (χ0) is 28.8. The van der Waals surface area contributed by atoms with Crippen molar-refractivity contribution in [2.45, 2.75) is 49.9 Å². The fourth-order valence-corrected chi connectivity index (χ4v) is 3.17. The molecule has 0 aliphatic carbocycles. The minimum Gasteiger partial charge on any atom is -0.508 e. The van der Waals surface area contributed by atoms with Crippen molar-refractivity contribution >= 4 is 35.6 Å². The van der Waals surface area contributed by atoms with Crippen LogP contribution in [0.2, 0.25) is 0 Å². The summed E-state index contributed by atoms with van der Waals surface area (Å²) in [5.74, 6) is -5.15. The molecular formula is C22H34N8O8. The van der Waals surface area contributed by atoms with E-state index in [4.69, 9.17) is 28.0 Å². The number of aliphatic imine (C=N–C) groups is 1. The number of primary amides is 1. The molecule has 0 spiro atoms. The number of benzene rings is 1. The summed E-state index contributed by atoms with van der Waals surface area (Å²) < 4.78 is 0. The Morgan fingerprint density at radius 3 is 1.95 bits per heavy atom. The number of carbonyl (C=O) groups excluding carboxylic acids is 4. The van der Waals surface area contributed by atoms with Crippen LogP contribution >= 0.6 is 0 Å². The van der Waals surface area contributed by atoms with Crippen molar-refractivity contribution in [2.24, 2.45) is 27.9 Å². The van der Waals surface area contributed by atoms with E-state index in [0.717, 1.165) is 0 Å². The van der Waals surface area contributed by atoms with Gasteiger partial charge in [0.05, 0.1) is 19.1 Å². The predicted octanol–water partition coefficient (Wildman–Crippen LogP) is -4.28. The Hall–Kier alpha value is -4.44. The van der Waals surface area contributed by atoms with Crippen LogP contribution in [0.25, 0.3) is 0 Å². The highest BCUT2D eigenvalue weighted by Gasteiger charge is 2.30. The van der Waals surface area contributed by atoms with Crippen molar-refractivity contribution in [1.82, 2.24) is 16.0 Å². The molecule has 0 saturated heterocycles. The number of nitrogens with two attached hydrogens (primary N) is 4. The maximum absolute atomic E-state index is 13.2. The molecule has 0 aliphatic rings. The van der Waals surface area contributed by atoms with Gasteiger partial charge in [0.25, 0.3) is 0 Å². The lowest BCUT2D eigenvalue weighted by Crippen LogP contribution is -2.58. The summed E-state index contributed by atoms with van der Waals surface area (Å²) in [5.41, 5.74) is 21.8. The summed E-state index contributed by atoms with van der Waals surface area (Å²) in [6.45, 7) is -0.799. The molecule has 0 aromatic heterocycles. The van der Waals surface area contributed by atoms with E-state index in [1.165, 1.54) is 24.3 Å². The number of carboxylic acids is 1. The number of aliphatic hydroxyl groups excluding tert-OH is 1. The minimum atomic E-state index is -1.63. The molecule has 0 fully saturated rings. The molecule has 0 bridgehead atoms. The second-order valence-electron chi connectivity index (χ2n) is 8.30. The highest BCUT2D eigenvalue weighted by molar-refractivity contribution is 5.95. The number of nitrogens with zero attached hydrogens (tertiary/aromatic N) is 1. The van der Waals surface area contributed by atoms with E-state index >= 15 is 0 Å². The fourth-order valence-electron chi connectivity index (χ4n) is 3.17. The highest BCUT2D eigenvalue weighted by atomic mass is 16.4. The third-order valence-corrected chi connectivity index (χ3v) is 5.14. The van der Waals surface area contributed by atoms with Gasteiger partial charge in [-0.1, -0.05) is 12.1 Å².